The van der Waals surface area contributed by atoms with Crippen molar-refractivity contribution < 1.29 is 9.47 Å². The van der Waals surface area contributed by atoms with E-state index >= 15 is 0 Å². The van der Waals surface area contributed by atoms with Gasteiger partial charge in [-0.3, -0.25) is 0 Å². The van der Waals surface area contributed by atoms with E-state index in [-0.39, 0.29) is 0 Å². The molecule has 2 aliphatic heterocycles. The molecule has 0 aromatic heterocycles. The van der Waals surface area contributed by atoms with Crippen molar-refractivity contribution in [1.82, 2.24) is 0 Å². The zero-order valence-electron chi connectivity index (χ0n) is 18.4. The summed E-state index contributed by atoms with van der Waals surface area (Å²) in [6.07, 6.45) is 1.00. The van der Waals surface area contributed by atoms with Gasteiger partial charge in [0.2, 0.25) is 0 Å². The molecule has 0 bridgehead atoms. The molecule has 2 aliphatic rings. The molecule has 0 N–H and O–H groups in total. The molecule has 2 heterocycles. The number of rotatable bonds is 4. The van der Waals surface area contributed by atoms with E-state index in [2.05, 4.69) is 61.8 Å². The van der Waals surface area contributed by atoms with Crippen LogP contribution in [-0.2, 0) is 15.9 Å². The Hall–Kier alpha value is -2.04. The highest BCUT2D eigenvalue weighted by Gasteiger charge is 2.17. The summed E-state index contributed by atoms with van der Waals surface area (Å²) in [4.78, 5) is 4.89. The summed E-state index contributed by atoms with van der Waals surface area (Å²) in [6.45, 7) is 16.3. The molecule has 0 unspecified atom stereocenters. The maximum absolute atomic E-state index is 5.51. The molecule has 0 amide bonds. The molecule has 2 aromatic carbocycles. The first-order valence-corrected chi connectivity index (χ1v) is 10.9. The molecule has 4 rings (SSSR count). The number of ether oxygens (including phenoxy) is 2. The van der Waals surface area contributed by atoms with Gasteiger partial charge in [-0.25, -0.2) is 0 Å². The lowest BCUT2D eigenvalue weighted by atomic mass is 9.90. The highest BCUT2D eigenvalue weighted by Crippen LogP contribution is 2.30. The van der Waals surface area contributed by atoms with E-state index in [0.717, 1.165) is 59.0 Å². The molecule has 156 valence electrons. The van der Waals surface area contributed by atoms with Gasteiger partial charge in [0.1, 0.15) is 0 Å². The van der Waals surface area contributed by atoms with Crippen LogP contribution in [0.2, 0.25) is 0 Å². The van der Waals surface area contributed by atoms with E-state index < -0.39 is 0 Å². The Morgan fingerprint density at radius 1 is 0.586 bits per heavy atom. The molecule has 4 nitrogen and oxygen atoms in total. The van der Waals surface area contributed by atoms with Crippen molar-refractivity contribution >= 4 is 11.4 Å². The molecule has 0 spiro atoms. The van der Waals surface area contributed by atoms with Crippen LogP contribution < -0.4 is 9.80 Å². The molecule has 2 saturated heterocycles. The van der Waals surface area contributed by atoms with Crippen LogP contribution in [-0.4, -0.2) is 52.6 Å². The van der Waals surface area contributed by atoms with Crippen LogP contribution in [0.25, 0.3) is 0 Å². The van der Waals surface area contributed by atoms with Gasteiger partial charge in [-0.2, -0.15) is 0 Å². The van der Waals surface area contributed by atoms with Crippen molar-refractivity contribution in [3.05, 3.63) is 57.6 Å². The first kappa shape index (κ1) is 20.2. The second-order valence-electron chi connectivity index (χ2n) is 8.49. The zero-order valence-corrected chi connectivity index (χ0v) is 18.4. The predicted molar refractivity (Wildman–Crippen MR) is 121 cm³/mol. The highest BCUT2D eigenvalue weighted by atomic mass is 16.5. The maximum atomic E-state index is 5.51. The third-order valence-corrected chi connectivity index (χ3v) is 6.47. The summed E-state index contributed by atoms with van der Waals surface area (Å²) in [5.74, 6) is 0. The summed E-state index contributed by atoms with van der Waals surface area (Å²) in [5.41, 5.74) is 11.2. The van der Waals surface area contributed by atoms with E-state index in [1.54, 1.807) is 0 Å². The molecule has 2 aromatic rings. The summed E-state index contributed by atoms with van der Waals surface area (Å²) in [7, 11) is 0. The van der Waals surface area contributed by atoms with Crippen LogP contribution in [0.5, 0.6) is 0 Å². The number of hydrogen-bond donors (Lipinski definition) is 0. The first-order chi connectivity index (χ1) is 14.0. The molecule has 0 saturated carbocycles. The van der Waals surface area contributed by atoms with Gasteiger partial charge in [0.05, 0.1) is 26.4 Å². The van der Waals surface area contributed by atoms with E-state index in [4.69, 9.17) is 9.47 Å². The Bertz CT molecular complexity index is 748. The smallest absolute Gasteiger partial charge is 0.0642 e. The lowest BCUT2D eigenvalue weighted by Crippen LogP contribution is -2.36. The van der Waals surface area contributed by atoms with Gasteiger partial charge in [-0.05, 0) is 91.8 Å². The second kappa shape index (κ2) is 8.76. The van der Waals surface area contributed by atoms with Crippen LogP contribution in [0.4, 0.5) is 11.4 Å². The van der Waals surface area contributed by atoms with Crippen molar-refractivity contribution in [2.45, 2.75) is 34.1 Å². The van der Waals surface area contributed by atoms with Gasteiger partial charge in [-0.15, -0.1) is 0 Å². The maximum Gasteiger partial charge on any atom is 0.0642 e. The zero-order chi connectivity index (χ0) is 20.4. The quantitative estimate of drug-likeness (QED) is 0.777. The number of benzene rings is 2. The van der Waals surface area contributed by atoms with Crippen molar-refractivity contribution in [3.63, 3.8) is 0 Å². The summed E-state index contributed by atoms with van der Waals surface area (Å²) < 4.78 is 11.0. The van der Waals surface area contributed by atoms with Gasteiger partial charge in [0.25, 0.3) is 0 Å². The Morgan fingerprint density at radius 2 is 0.897 bits per heavy atom. The molecule has 0 atom stereocenters. The predicted octanol–water partition coefficient (Wildman–Crippen LogP) is 4.18. The molecular formula is C25H34N2O2. The summed E-state index contributed by atoms with van der Waals surface area (Å²) >= 11 is 0. The van der Waals surface area contributed by atoms with Gasteiger partial charge in [-0.1, -0.05) is 0 Å². The fourth-order valence-corrected chi connectivity index (χ4v) is 4.68. The minimum atomic E-state index is 0.827. The van der Waals surface area contributed by atoms with Crippen molar-refractivity contribution in [2.75, 3.05) is 62.4 Å². The number of anilines is 2. The van der Waals surface area contributed by atoms with Crippen LogP contribution in [0.1, 0.15) is 33.4 Å². The largest absolute Gasteiger partial charge is 0.378 e. The highest BCUT2D eigenvalue weighted by molar-refractivity contribution is 5.58. The average Bonchev–Trinajstić information content (AvgIpc) is 2.73. The van der Waals surface area contributed by atoms with E-state index in [9.17, 15) is 0 Å². The third-order valence-electron chi connectivity index (χ3n) is 6.47. The van der Waals surface area contributed by atoms with Gasteiger partial charge < -0.3 is 19.3 Å². The Kier molecular flexibility index (Phi) is 6.12. The minimum Gasteiger partial charge on any atom is -0.378 e. The SMILES string of the molecule is Cc1cc(N2CCOCC2)cc(C)c1Cc1c(C)cc(N2CCOCC2)cc1C. The molecule has 0 aliphatic carbocycles. The third kappa shape index (κ3) is 4.44. The fraction of sp³-hybridized carbons (Fsp3) is 0.520. The molecule has 2 fully saturated rings. The van der Waals surface area contributed by atoms with Gasteiger partial charge >= 0.3 is 0 Å². The van der Waals surface area contributed by atoms with Gasteiger partial charge in [0, 0.05) is 37.6 Å². The summed E-state index contributed by atoms with van der Waals surface area (Å²) in [5, 5.41) is 0. The van der Waals surface area contributed by atoms with Crippen molar-refractivity contribution in [2.24, 2.45) is 0 Å². The summed E-state index contributed by atoms with van der Waals surface area (Å²) in [6, 6.07) is 9.45. The van der Waals surface area contributed by atoms with Crippen LogP contribution in [0.15, 0.2) is 24.3 Å². The average molecular weight is 395 g/mol. The van der Waals surface area contributed by atoms with Crippen LogP contribution in [0.3, 0.4) is 0 Å². The molecule has 4 heteroatoms. The first-order valence-electron chi connectivity index (χ1n) is 10.9. The van der Waals surface area contributed by atoms with E-state index in [0.29, 0.717) is 0 Å². The standard InChI is InChI=1S/C25H34N2O2/c1-18-13-22(26-5-9-28-10-6-26)14-19(2)24(18)17-25-20(3)15-23(16-21(25)4)27-7-11-29-12-8-27/h13-16H,5-12,17H2,1-4H3. The fourth-order valence-electron chi connectivity index (χ4n) is 4.68. The molecule has 29 heavy (non-hydrogen) atoms. The van der Waals surface area contributed by atoms with Gasteiger partial charge in [0.15, 0.2) is 0 Å². The Labute approximate surface area is 175 Å². The topological polar surface area (TPSA) is 24.9 Å². The lowest BCUT2D eigenvalue weighted by molar-refractivity contribution is 0.122. The van der Waals surface area contributed by atoms with Crippen LogP contribution >= 0.6 is 0 Å². The molecule has 0 radical (unpaired) electrons. The number of hydrogen-bond acceptors (Lipinski definition) is 4. The number of aryl methyl sites for hydroxylation is 4. The second-order valence-corrected chi connectivity index (χ2v) is 8.49. The normalized spacial score (nSPS) is 17.7. The van der Waals surface area contributed by atoms with Crippen molar-refractivity contribution in [3.8, 4) is 0 Å². The van der Waals surface area contributed by atoms with Crippen molar-refractivity contribution in [1.29, 1.82) is 0 Å². The minimum absolute atomic E-state index is 0.827. The monoisotopic (exact) mass is 394 g/mol. The molecular weight excluding hydrogens is 360 g/mol. The Morgan fingerprint density at radius 3 is 1.21 bits per heavy atom. The Balaban J connectivity index is 1.58. The van der Waals surface area contributed by atoms with Crippen LogP contribution in [0, 0.1) is 27.7 Å². The van der Waals surface area contributed by atoms with E-state index in [1.807, 2.05) is 0 Å². The van der Waals surface area contributed by atoms with E-state index in [1.165, 1.54) is 44.8 Å². The number of morpholine rings is 2. The number of nitrogens with zero attached hydrogens (tertiary/aromatic N) is 2. The lowest BCUT2D eigenvalue weighted by Gasteiger charge is -2.30.